The summed E-state index contributed by atoms with van der Waals surface area (Å²) in [5, 5.41) is 44.5. The van der Waals surface area contributed by atoms with Crippen molar-refractivity contribution in [2.45, 2.75) is 162 Å². The number of aromatic nitrogens is 3. The Morgan fingerprint density at radius 2 is 1.47 bits per heavy atom. The number of likely N-dealkylation sites (tertiary alicyclic amines) is 1. The number of aliphatic hydroxyl groups is 1. The molecule has 2 aliphatic heterocycles. The van der Waals surface area contributed by atoms with Gasteiger partial charge < -0.3 is 60.6 Å². The predicted molar refractivity (Wildman–Crippen MR) is 371 cm³/mol. The van der Waals surface area contributed by atoms with Crippen LogP contribution >= 0.6 is 21.6 Å². The molecule has 530 valence electrons. The summed E-state index contributed by atoms with van der Waals surface area (Å²) in [6, 6.07) is 15.0. The average Bonchev–Trinajstić information content (AvgIpc) is 1.62. The SMILES string of the molecule is CC[C@H](C)[C@@H]([C@@H](CC(=O)N1CCC[C@H]1[C@H](OC)[C@@H](C)C(=O)C[C@H](C)C(O)c1ccccc1)OC)N(C)C(=O)[C@@H](NC(=O)[C@H](C(C)C)N(C)C(=O)OCCSSC[C@H](NC(=O)N1CCN(Cc2ccc(-n3c(-c4cc(C(C)C)c(O)cc4O)n[nH]c3=O)cc2)CC1)C(N)=O)C(C)C. The lowest BCUT2D eigenvalue weighted by molar-refractivity contribution is -0.148. The summed E-state index contributed by atoms with van der Waals surface area (Å²) < 4.78 is 19.1. The van der Waals surface area contributed by atoms with Crippen LogP contribution in [0, 0.1) is 29.6 Å². The number of hydrogen-bond acceptors (Lipinski definition) is 18. The largest absolute Gasteiger partial charge is 0.508 e. The van der Waals surface area contributed by atoms with Gasteiger partial charge in [-0.25, -0.2) is 24.0 Å². The minimum Gasteiger partial charge on any atom is -0.508 e. The highest BCUT2D eigenvalue weighted by Gasteiger charge is 2.44. The van der Waals surface area contributed by atoms with Crippen LogP contribution in [0.25, 0.3) is 17.1 Å². The summed E-state index contributed by atoms with van der Waals surface area (Å²) >= 11 is 0. The number of likely N-dealkylation sites (N-methyl/N-ethyl adjacent to an activating group) is 2. The van der Waals surface area contributed by atoms with Crippen LogP contribution in [-0.2, 0) is 44.7 Å². The van der Waals surface area contributed by atoms with Crippen LogP contribution in [0.15, 0.2) is 71.5 Å². The van der Waals surface area contributed by atoms with Crippen molar-refractivity contribution in [3.63, 3.8) is 0 Å². The minimum absolute atomic E-state index is 0.0464. The van der Waals surface area contributed by atoms with Crippen molar-refractivity contribution in [3.05, 3.63) is 93.9 Å². The van der Waals surface area contributed by atoms with Crippen LogP contribution in [0.5, 0.6) is 11.5 Å². The van der Waals surface area contributed by atoms with Gasteiger partial charge in [-0.2, -0.15) is 5.10 Å². The number of amides is 7. The molecule has 1 aromatic heterocycles. The highest BCUT2D eigenvalue weighted by molar-refractivity contribution is 8.76. The fourth-order valence-corrected chi connectivity index (χ4v) is 14.9. The number of rotatable bonds is 34. The van der Waals surface area contributed by atoms with Gasteiger partial charge in [0.05, 0.1) is 48.1 Å². The van der Waals surface area contributed by atoms with Crippen LogP contribution in [0.3, 0.4) is 0 Å². The van der Waals surface area contributed by atoms with Crippen molar-refractivity contribution in [3.8, 4) is 28.6 Å². The molecule has 27 heteroatoms. The van der Waals surface area contributed by atoms with Crippen LogP contribution in [-0.4, -0.2) is 218 Å². The number of hydrogen-bond donors (Lipinski definition) is 7. The topological polar surface area (TPSA) is 325 Å². The lowest BCUT2D eigenvalue weighted by Gasteiger charge is -2.41. The van der Waals surface area contributed by atoms with Crippen molar-refractivity contribution in [1.82, 2.24) is 49.9 Å². The highest BCUT2D eigenvalue weighted by Crippen LogP contribution is 2.38. The molecule has 6 rings (SSSR count). The Hall–Kier alpha value is -7.17. The zero-order valence-corrected chi connectivity index (χ0v) is 59.8. The number of phenolic OH excluding ortho intramolecular Hbond substituents is 2. The van der Waals surface area contributed by atoms with Crippen molar-refractivity contribution in [2.24, 2.45) is 35.3 Å². The summed E-state index contributed by atoms with van der Waals surface area (Å²) in [6.07, 6.45) is -0.876. The van der Waals surface area contributed by atoms with Crippen LogP contribution in [0.1, 0.15) is 130 Å². The first-order valence-corrected chi connectivity index (χ1v) is 35.8. The molecule has 2 aliphatic rings. The number of methoxy groups -OCH3 is 2. The number of primary amides is 1. The summed E-state index contributed by atoms with van der Waals surface area (Å²) in [4.78, 5) is 118. The number of nitrogens with zero attached hydrogens (tertiary/aromatic N) is 7. The van der Waals surface area contributed by atoms with Crippen molar-refractivity contribution in [2.75, 3.05) is 79.2 Å². The molecule has 7 amide bonds. The van der Waals surface area contributed by atoms with E-state index in [0.717, 1.165) is 11.1 Å². The number of Topliss-reactive ketones (excluding diaryl/α,β-unsaturated/α-hetero) is 1. The van der Waals surface area contributed by atoms with E-state index in [1.165, 1.54) is 51.3 Å². The van der Waals surface area contributed by atoms with E-state index in [2.05, 4.69) is 25.7 Å². The van der Waals surface area contributed by atoms with Crippen LogP contribution in [0.4, 0.5) is 9.59 Å². The number of carbonyl (C=O) groups excluding carboxylic acids is 7. The molecule has 11 atom stereocenters. The van der Waals surface area contributed by atoms with Crippen molar-refractivity contribution >= 4 is 63.1 Å². The first-order chi connectivity index (χ1) is 45.5. The molecule has 25 nitrogen and oxygen atoms in total. The number of benzene rings is 3. The van der Waals surface area contributed by atoms with E-state index in [1.54, 1.807) is 60.9 Å². The van der Waals surface area contributed by atoms with Gasteiger partial charge in [0, 0.05) is 97.5 Å². The molecule has 0 radical (unpaired) electrons. The Balaban J connectivity index is 0.951. The molecule has 3 aromatic carbocycles. The first kappa shape index (κ1) is 77.8. The Labute approximate surface area is 572 Å². The lowest BCUT2D eigenvalue weighted by atomic mass is 9.85. The number of carbonyl (C=O) groups is 7. The molecule has 3 heterocycles. The Kier molecular flexibility index (Phi) is 29.5. The van der Waals surface area contributed by atoms with Crippen molar-refractivity contribution in [1.29, 1.82) is 0 Å². The third kappa shape index (κ3) is 20.0. The van der Waals surface area contributed by atoms with Crippen LogP contribution < -0.4 is 22.1 Å². The molecule has 1 unspecified atom stereocenters. The second-order valence-electron chi connectivity index (χ2n) is 26.4. The molecule has 0 saturated carbocycles. The van der Waals surface area contributed by atoms with Gasteiger partial charge in [-0.3, -0.25) is 33.8 Å². The van der Waals surface area contributed by atoms with Gasteiger partial charge in [0.2, 0.25) is 23.6 Å². The van der Waals surface area contributed by atoms with E-state index in [4.69, 9.17) is 19.9 Å². The highest BCUT2D eigenvalue weighted by atomic mass is 33.1. The number of H-pyrrole nitrogens is 1. The molecule has 8 N–H and O–H groups in total. The Morgan fingerprint density at radius 1 is 0.802 bits per heavy atom. The number of urea groups is 1. The van der Waals surface area contributed by atoms with E-state index in [1.807, 2.05) is 97.9 Å². The quantitative estimate of drug-likeness (QED) is 0.0178. The summed E-state index contributed by atoms with van der Waals surface area (Å²) in [6.45, 7) is 21.5. The molecule has 2 fully saturated rings. The normalized spacial score (nSPS) is 17.6. The minimum atomic E-state index is -1.03. The molecule has 2 saturated heterocycles. The number of aliphatic hydroxyl groups excluding tert-OH is 1. The molecule has 0 spiro atoms. The van der Waals surface area contributed by atoms with Gasteiger partial charge >= 0.3 is 17.8 Å². The molecular weight excluding hydrogens is 1270 g/mol. The van der Waals surface area contributed by atoms with E-state index < -0.39 is 95.8 Å². The predicted octanol–water partition coefficient (Wildman–Crippen LogP) is 7.31. The van der Waals surface area contributed by atoms with E-state index in [9.17, 15) is 53.7 Å². The smallest absolute Gasteiger partial charge is 0.410 e. The zero-order valence-electron chi connectivity index (χ0n) is 58.2. The molecular formula is C69H103N11O14S2. The van der Waals surface area contributed by atoms with Gasteiger partial charge in [-0.1, -0.05) is 140 Å². The first-order valence-electron chi connectivity index (χ1n) is 33.3. The van der Waals surface area contributed by atoms with Gasteiger partial charge in [-0.05, 0) is 77.3 Å². The van der Waals surface area contributed by atoms with Gasteiger partial charge in [0.25, 0.3) is 0 Å². The van der Waals surface area contributed by atoms with Gasteiger partial charge in [0.15, 0.2) is 5.82 Å². The van der Waals surface area contributed by atoms with Crippen LogP contribution in [0.2, 0.25) is 0 Å². The van der Waals surface area contributed by atoms with Crippen molar-refractivity contribution < 1.29 is 63.1 Å². The standard InChI is InChI=1S/C69H103N11O14S2/c1-15-43(8)60(56(92-13)37-57(84)79-27-19-22-52(79)62(93-14)45(10)53(81)34-44(9)61(85)47-20-17-16-18-21-47)75(11)66(88)58(41(4)5)72-65(87)59(42(6)7)76(12)69(91)94-32-33-95-96-39-51(63(70)86)71-67(89)78-30-28-77(29-31-78)38-46-23-25-48(26-24-46)80-64(73-74-68(80)90)50-35-49(40(2)3)54(82)36-55(50)83/h16-18,20-21,23-26,35-36,40-45,51-52,56,58-62,82-83,85H,15,19,22,27-34,37-39H2,1-14H3,(H2,70,86)(H,71,89)(H,72,87)(H,74,90)/t43-,44-,45-,51-,52-,56+,58-,59-,60-,61?,62+/m0/s1. The molecule has 0 bridgehead atoms. The number of aromatic amines is 1. The molecule has 0 aliphatic carbocycles. The fraction of sp³-hybridized carbons (Fsp3) is 0.609. The number of nitrogens with two attached hydrogens (primary N) is 1. The maximum absolute atomic E-state index is 14.8. The number of ether oxygens (including phenoxy) is 3. The van der Waals surface area contributed by atoms with E-state index >= 15 is 0 Å². The number of aromatic hydroxyl groups is 2. The maximum atomic E-state index is 14.8. The number of nitrogens with one attached hydrogen (secondary N) is 3. The second kappa shape index (κ2) is 36.4. The van der Waals surface area contributed by atoms with E-state index in [0.29, 0.717) is 81.1 Å². The molecule has 4 aromatic rings. The number of ketones is 1. The Bertz CT molecular complexity index is 3290. The van der Waals surface area contributed by atoms with Gasteiger partial charge in [0.1, 0.15) is 42.0 Å². The maximum Gasteiger partial charge on any atom is 0.410 e. The third-order valence-corrected chi connectivity index (χ3v) is 21.1. The summed E-state index contributed by atoms with van der Waals surface area (Å²) in [5.74, 6) is -3.48. The second-order valence-corrected chi connectivity index (χ2v) is 29.1. The number of piperazine rings is 1. The molecule has 96 heavy (non-hydrogen) atoms. The zero-order chi connectivity index (χ0) is 70.8. The average molecular weight is 1370 g/mol. The lowest BCUT2D eigenvalue weighted by Crippen LogP contribution is -2.60. The fourth-order valence-electron chi connectivity index (χ4n) is 12.9. The summed E-state index contributed by atoms with van der Waals surface area (Å²) in [7, 11) is 8.76. The van der Waals surface area contributed by atoms with E-state index in [-0.39, 0.29) is 78.0 Å². The Morgan fingerprint density at radius 3 is 2.06 bits per heavy atom. The van der Waals surface area contributed by atoms with Gasteiger partial charge in [-0.15, -0.1) is 0 Å². The monoisotopic (exact) mass is 1370 g/mol. The number of phenols is 2. The third-order valence-electron chi connectivity index (χ3n) is 18.7. The summed E-state index contributed by atoms with van der Waals surface area (Å²) in [5.41, 5.74) is 8.34.